The van der Waals surface area contributed by atoms with Crippen molar-refractivity contribution in [1.29, 1.82) is 0 Å². The Labute approximate surface area is 216 Å². The number of aliphatic hydroxyl groups is 2. The van der Waals surface area contributed by atoms with Gasteiger partial charge in [-0.1, -0.05) is 5.11 Å². The number of fused-ring (bicyclic) bond motifs is 2. The number of nitrogen functional groups attached to an aromatic ring is 2. The predicted octanol–water partition coefficient (Wildman–Crippen LogP) is 2.81. The summed E-state index contributed by atoms with van der Waals surface area (Å²) < 4.78 is 28.5. The number of aliphatic hydroxyl groups excluding tert-OH is 2. The van der Waals surface area contributed by atoms with Gasteiger partial charge in [0.2, 0.25) is 0 Å². The third-order valence-electron chi connectivity index (χ3n) is 6.75. The van der Waals surface area contributed by atoms with Crippen LogP contribution in [0.2, 0.25) is 0 Å². The molecule has 0 bridgehead atoms. The summed E-state index contributed by atoms with van der Waals surface area (Å²) in [5.74, 6) is 0. The Morgan fingerprint density at radius 1 is 0.921 bits per heavy atom. The van der Waals surface area contributed by atoms with Gasteiger partial charge in [-0.2, -0.15) is 0 Å². The molecule has 2 saturated heterocycles. The molecule has 0 spiro atoms. The molecule has 0 radical (unpaired) electrons. The Bertz CT molecular complexity index is 1470. The van der Waals surface area contributed by atoms with Gasteiger partial charge >= 0.3 is 0 Å². The summed E-state index contributed by atoms with van der Waals surface area (Å²) >= 11 is 0. The first-order valence-corrected chi connectivity index (χ1v) is 12.1. The summed E-state index contributed by atoms with van der Waals surface area (Å²) in [5, 5.41) is 23.6. The van der Waals surface area contributed by atoms with Gasteiger partial charge in [0.1, 0.15) is 23.7 Å². The number of halogens is 1. The van der Waals surface area contributed by atoms with E-state index >= 15 is 0 Å². The van der Waals surface area contributed by atoms with Gasteiger partial charge in [0, 0.05) is 58.3 Å². The van der Waals surface area contributed by atoms with E-state index in [0.29, 0.717) is 29.1 Å². The summed E-state index contributed by atoms with van der Waals surface area (Å²) in [6, 6.07) is 6.69. The largest absolute Gasteiger partial charge is 0.398 e. The van der Waals surface area contributed by atoms with Gasteiger partial charge in [-0.15, -0.1) is 0 Å². The number of hydrogen-bond acceptors (Lipinski definition) is 9. The molecular weight excluding hydrogens is 497 g/mol. The average Bonchev–Trinajstić information content (AvgIpc) is 3.69. The highest BCUT2D eigenvalue weighted by Crippen LogP contribution is 2.35. The number of ether oxygens (including phenoxy) is 2. The molecule has 0 amide bonds. The van der Waals surface area contributed by atoms with Crippen molar-refractivity contribution in [2.45, 2.75) is 49.7 Å². The molecule has 0 aliphatic carbocycles. The van der Waals surface area contributed by atoms with Crippen LogP contribution in [0.15, 0.2) is 54.2 Å². The number of alkyl halides is 1. The standard InChI is InChI=1S/C12H14FN3O2.C12H14N6O2/c13-9-5-7(6-17)18-12(9)16-4-2-8-10(14)1-3-15-11(8)16;13-9-1-3-15-11-8(9)2-4-18(11)12-10(16-17-14)5-7(6-19)20-12/h1-4,7,9,12,17H,5-6H2,(H2,14,15);1-4,7,10,12,19H,5-6H2,(H2,13,15)/t7-,9-,12+;7-,10-,12+/m00/s1. The molecule has 13 nitrogen and oxygen atoms in total. The molecule has 2 fully saturated rings. The van der Waals surface area contributed by atoms with Crippen LogP contribution in [0.4, 0.5) is 15.8 Å². The molecule has 6 N–H and O–H groups in total. The number of nitrogens with two attached hydrogens (primary N) is 2. The maximum atomic E-state index is 13.9. The van der Waals surface area contributed by atoms with Gasteiger partial charge in [-0.05, 0) is 36.2 Å². The second-order valence-corrected chi connectivity index (χ2v) is 9.14. The van der Waals surface area contributed by atoms with Gasteiger partial charge < -0.3 is 40.3 Å². The van der Waals surface area contributed by atoms with Crippen LogP contribution in [0.1, 0.15) is 25.3 Å². The minimum absolute atomic E-state index is 0.108. The van der Waals surface area contributed by atoms with E-state index in [1.165, 1.54) is 0 Å². The van der Waals surface area contributed by atoms with E-state index in [1.807, 2.05) is 6.07 Å². The fraction of sp³-hybridized carbons (Fsp3) is 0.417. The van der Waals surface area contributed by atoms with Crippen molar-refractivity contribution in [3.63, 3.8) is 0 Å². The summed E-state index contributed by atoms with van der Waals surface area (Å²) in [7, 11) is 0. The first-order valence-electron chi connectivity index (χ1n) is 12.1. The molecule has 0 unspecified atom stereocenters. The quantitative estimate of drug-likeness (QED) is 0.173. The molecule has 200 valence electrons. The van der Waals surface area contributed by atoms with Crippen LogP contribution >= 0.6 is 0 Å². The van der Waals surface area contributed by atoms with Crippen molar-refractivity contribution in [3.05, 3.63) is 59.5 Å². The van der Waals surface area contributed by atoms with Crippen molar-refractivity contribution in [3.8, 4) is 0 Å². The van der Waals surface area contributed by atoms with Crippen molar-refractivity contribution >= 4 is 33.4 Å². The molecule has 6 rings (SSSR count). The number of rotatable bonds is 5. The molecular formula is C24H28FN9O4. The van der Waals surface area contributed by atoms with Crippen molar-refractivity contribution in [2.75, 3.05) is 24.7 Å². The lowest BCUT2D eigenvalue weighted by Gasteiger charge is -2.17. The second kappa shape index (κ2) is 10.8. The summed E-state index contributed by atoms with van der Waals surface area (Å²) in [4.78, 5) is 11.4. The number of nitrogens with zero attached hydrogens (tertiary/aromatic N) is 7. The Morgan fingerprint density at radius 2 is 1.45 bits per heavy atom. The van der Waals surface area contributed by atoms with E-state index in [2.05, 4.69) is 20.0 Å². The van der Waals surface area contributed by atoms with E-state index in [-0.39, 0.29) is 31.8 Å². The lowest BCUT2D eigenvalue weighted by Crippen LogP contribution is -2.17. The maximum absolute atomic E-state index is 13.9. The van der Waals surface area contributed by atoms with Crippen LogP contribution in [0.5, 0.6) is 0 Å². The molecule has 38 heavy (non-hydrogen) atoms. The lowest BCUT2D eigenvalue weighted by atomic mass is 10.2. The number of azide groups is 1. The molecule has 2 aliphatic heterocycles. The third-order valence-corrected chi connectivity index (χ3v) is 6.75. The van der Waals surface area contributed by atoms with E-state index in [4.69, 9.17) is 31.6 Å². The van der Waals surface area contributed by atoms with Crippen LogP contribution < -0.4 is 11.5 Å². The van der Waals surface area contributed by atoms with Crippen LogP contribution in [0, 0.1) is 0 Å². The van der Waals surface area contributed by atoms with Gasteiger partial charge in [0.05, 0.1) is 31.5 Å². The molecule has 0 saturated carbocycles. The van der Waals surface area contributed by atoms with E-state index in [0.717, 1.165) is 10.8 Å². The third kappa shape index (κ3) is 4.71. The van der Waals surface area contributed by atoms with E-state index in [1.54, 1.807) is 52.1 Å². The second-order valence-electron chi connectivity index (χ2n) is 9.14. The average molecular weight is 526 g/mol. The summed E-state index contributed by atoms with van der Waals surface area (Å²) in [6.45, 7) is -0.283. The smallest absolute Gasteiger partial charge is 0.167 e. The van der Waals surface area contributed by atoms with Gasteiger partial charge in [0.25, 0.3) is 0 Å². The van der Waals surface area contributed by atoms with Crippen LogP contribution in [0.3, 0.4) is 0 Å². The monoisotopic (exact) mass is 525 g/mol. The molecule has 0 aromatic carbocycles. The zero-order chi connectivity index (χ0) is 26.8. The van der Waals surface area contributed by atoms with Crippen molar-refractivity contribution < 1.29 is 24.1 Å². The SMILES string of the molecule is Nc1ccnc2c1ccn2[C@@H]1O[C@H](CO)C[C@@H]1F.[N-]=[N+]=N[C@H]1C[C@@H](CO)O[C@H]1n1ccc2c(N)ccnc21. The lowest BCUT2D eigenvalue weighted by molar-refractivity contribution is -0.0348. The number of aromatic nitrogens is 4. The van der Waals surface area contributed by atoms with Gasteiger partial charge in [-0.25, -0.2) is 14.4 Å². The normalized spacial score (nSPS) is 26.8. The predicted molar refractivity (Wildman–Crippen MR) is 137 cm³/mol. The minimum Gasteiger partial charge on any atom is -0.398 e. The fourth-order valence-corrected chi connectivity index (χ4v) is 4.90. The maximum Gasteiger partial charge on any atom is 0.167 e. The summed E-state index contributed by atoms with van der Waals surface area (Å²) in [6.07, 6.45) is 4.23. The number of pyridine rings is 2. The first kappa shape index (κ1) is 25.7. The number of anilines is 2. The topological polar surface area (TPSA) is 195 Å². The Balaban J connectivity index is 0.000000156. The molecule has 6 heterocycles. The zero-order valence-electron chi connectivity index (χ0n) is 20.3. The van der Waals surface area contributed by atoms with Crippen molar-refractivity contribution in [1.82, 2.24) is 19.1 Å². The summed E-state index contributed by atoms with van der Waals surface area (Å²) in [5.41, 5.74) is 22.9. The Morgan fingerprint density at radius 3 is 1.97 bits per heavy atom. The van der Waals surface area contributed by atoms with Crippen LogP contribution in [-0.4, -0.2) is 67.0 Å². The Kier molecular flexibility index (Phi) is 7.31. The highest BCUT2D eigenvalue weighted by molar-refractivity contribution is 5.89. The van der Waals surface area contributed by atoms with E-state index < -0.39 is 24.7 Å². The molecule has 2 aliphatic rings. The molecule has 14 heteroatoms. The Hall–Kier alpha value is -3.94. The zero-order valence-corrected chi connectivity index (χ0v) is 20.3. The minimum atomic E-state index is -1.15. The first-order chi connectivity index (χ1) is 18.4. The van der Waals surface area contributed by atoms with Crippen molar-refractivity contribution in [2.24, 2.45) is 5.11 Å². The molecule has 4 aromatic heterocycles. The van der Waals surface area contributed by atoms with Gasteiger partial charge in [-0.3, -0.25) is 0 Å². The van der Waals surface area contributed by atoms with Gasteiger partial charge in [0.15, 0.2) is 6.23 Å². The highest BCUT2D eigenvalue weighted by atomic mass is 19.1. The molecule has 6 atom stereocenters. The van der Waals surface area contributed by atoms with Crippen LogP contribution in [-0.2, 0) is 9.47 Å². The number of hydrogen-bond donors (Lipinski definition) is 4. The highest BCUT2D eigenvalue weighted by Gasteiger charge is 2.37. The fourth-order valence-electron chi connectivity index (χ4n) is 4.90. The molecule has 4 aromatic rings. The van der Waals surface area contributed by atoms with E-state index in [9.17, 15) is 9.50 Å². The van der Waals surface area contributed by atoms with Crippen LogP contribution in [0.25, 0.3) is 32.5 Å².